The SMILES string of the molecule is Clc1nc2ccccc2cc1/C=N\N=C/C1=C(N2CCOCC2)C(=C\c2ccccc2)/CC1. The number of allylic oxidation sites excluding steroid dienone is 2. The van der Waals surface area contributed by atoms with E-state index in [-0.39, 0.29) is 0 Å². The Kier molecular flexibility index (Phi) is 6.61. The van der Waals surface area contributed by atoms with Gasteiger partial charge in [-0.15, -0.1) is 0 Å². The molecule has 0 spiro atoms. The second-order valence-electron chi connectivity index (χ2n) is 8.10. The molecule has 166 valence electrons. The molecule has 2 aliphatic rings. The molecular formula is C27H25ClN4O. The van der Waals surface area contributed by atoms with E-state index >= 15 is 0 Å². The van der Waals surface area contributed by atoms with E-state index in [0.717, 1.165) is 55.6 Å². The molecule has 1 aliphatic heterocycles. The first-order chi connectivity index (χ1) is 16.3. The minimum absolute atomic E-state index is 0.426. The lowest BCUT2D eigenvalue weighted by Gasteiger charge is -2.31. The van der Waals surface area contributed by atoms with Gasteiger partial charge < -0.3 is 9.64 Å². The molecule has 0 N–H and O–H groups in total. The molecule has 1 aliphatic carbocycles. The van der Waals surface area contributed by atoms with Crippen molar-refractivity contribution in [2.45, 2.75) is 12.8 Å². The van der Waals surface area contributed by atoms with Crippen LogP contribution >= 0.6 is 11.6 Å². The number of benzene rings is 2. The Morgan fingerprint density at radius 2 is 1.67 bits per heavy atom. The summed E-state index contributed by atoms with van der Waals surface area (Å²) in [7, 11) is 0. The second-order valence-corrected chi connectivity index (χ2v) is 8.46. The van der Waals surface area contributed by atoms with Crippen LogP contribution in [0.4, 0.5) is 0 Å². The molecule has 2 aromatic carbocycles. The molecule has 1 saturated heterocycles. The number of nitrogens with zero attached hydrogens (tertiary/aromatic N) is 4. The van der Waals surface area contributed by atoms with Crippen molar-refractivity contribution in [2.75, 3.05) is 26.3 Å². The van der Waals surface area contributed by atoms with Crippen LogP contribution in [0.5, 0.6) is 0 Å². The van der Waals surface area contributed by atoms with E-state index in [9.17, 15) is 0 Å². The van der Waals surface area contributed by atoms with Gasteiger partial charge in [-0.25, -0.2) is 4.98 Å². The molecule has 33 heavy (non-hydrogen) atoms. The van der Waals surface area contributed by atoms with E-state index in [1.54, 1.807) is 6.21 Å². The summed E-state index contributed by atoms with van der Waals surface area (Å²) in [6, 6.07) is 20.3. The molecule has 0 radical (unpaired) electrons. The lowest BCUT2D eigenvalue weighted by molar-refractivity contribution is 0.0548. The molecule has 0 bridgehead atoms. The van der Waals surface area contributed by atoms with Crippen molar-refractivity contribution in [1.82, 2.24) is 9.88 Å². The van der Waals surface area contributed by atoms with E-state index in [1.165, 1.54) is 22.4 Å². The molecule has 0 unspecified atom stereocenters. The topological polar surface area (TPSA) is 50.1 Å². The predicted octanol–water partition coefficient (Wildman–Crippen LogP) is 5.76. The van der Waals surface area contributed by atoms with Crippen molar-refractivity contribution in [3.63, 3.8) is 0 Å². The summed E-state index contributed by atoms with van der Waals surface area (Å²) in [5.74, 6) is 0. The monoisotopic (exact) mass is 456 g/mol. The van der Waals surface area contributed by atoms with Crippen molar-refractivity contribution >= 4 is 41.0 Å². The highest BCUT2D eigenvalue weighted by Gasteiger charge is 2.25. The van der Waals surface area contributed by atoms with Gasteiger partial charge in [0.1, 0.15) is 5.15 Å². The number of ether oxygens (including phenoxy) is 1. The van der Waals surface area contributed by atoms with Crippen molar-refractivity contribution in [3.05, 3.63) is 93.8 Å². The summed E-state index contributed by atoms with van der Waals surface area (Å²) in [5, 5.41) is 10.1. The fourth-order valence-electron chi connectivity index (χ4n) is 4.32. The third kappa shape index (κ3) is 5.05. The van der Waals surface area contributed by atoms with Gasteiger partial charge in [0.15, 0.2) is 0 Å². The van der Waals surface area contributed by atoms with E-state index in [0.29, 0.717) is 5.15 Å². The van der Waals surface area contributed by atoms with Crippen molar-refractivity contribution in [3.8, 4) is 0 Å². The average Bonchev–Trinajstić information content (AvgIpc) is 3.25. The predicted molar refractivity (Wildman–Crippen MR) is 136 cm³/mol. The summed E-state index contributed by atoms with van der Waals surface area (Å²) in [6.07, 6.45) is 7.78. The number of pyridine rings is 1. The van der Waals surface area contributed by atoms with Crippen LogP contribution in [-0.2, 0) is 4.74 Å². The van der Waals surface area contributed by atoms with Crippen molar-refractivity contribution in [2.24, 2.45) is 10.2 Å². The molecule has 0 saturated carbocycles. The number of para-hydroxylation sites is 1. The Morgan fingerprint density at radius 1 is 0.909 bits per heavy atom. The largest absolute Gasteiger partial charge is 0.378 e. The van der Waals surface area contributed by atoms with Gasteiger partial charge in [-0.2, -0.15) is 10.2 Å². The fraction of sp³-hybridized carbons (Fsp3) is 0.222. The molecule has 2 heterocycles. The Balaban J connectivity index is 1.41. The highest BCUT2D eigenvalue weighted by Crippen LogP contribution is 2.35. The van der Waals surface area contributed by atoms with Crippen LogP contribution in [0.1, 0.15) is 24.0 Å². The summed E-state index contributed by atoms with van der Waals surface area (Å²) in [5.41, 5.74) is 6.66. The van der Waals surface area contributed by atoms with Gasteiger partial charge >= 0.3 is 0 Å². The molecule has 0 atom stereocenters. The summed E-state index contributed by atoms with van der Waals surface area (Å²) in [4.78, 5) is 6.86. The fourth-order valence-corrected chi connectivity index (χ4v) is 4.51. The maximum Gasteiger partial charge on any atom is 0.138 e. The molecule has 1 fully saturated rings. The molecule has 6 heteroatoms. The van der Waals surface area contributed by atoms with Crippen molar-refractivity contribution in [1.29, 1.82) is 0 Å². The quantitative estimate of drug-likeness (QED) is 0.279. The number of aromatic nitrogens is 1. The Labute approximate surface area is 198 Å². The van der Waals surface area contributed by atoms with Gasteiger partial charge in [0.05, 0.1) is 31.2 Å². The zero-order valence-electron chi connectivity index (χ0n) is 18.3. The van der Waals surface area contributed by atoms with E-state index < -0.39 is 0 Å². The summed E-state index contributed by atoms with van der Waals surface area (Å²) < 4.78 is 5.58. The molecule has 1 aromatic heterocycles. The number of morpholine rings is 1. The van der Waals surface area contributed by atoms with Gasteiger partial charge in [-0.1, -0.05) is 60.1 Å². The second kappa shape index (κ2) is 10.1. The first-order valence-corrected chi connectivity index (χ1v) is 11.6. The van der Waals surface area contributed by atoms with Crippen LogP contribution in [0.15, 0.2) is 87.7 Å². The van der Waals surface area contributed by atoms with Gasteiger partial charge in [0.2, 0.25) is 0 Å². The van der Waals surface area contributed by atoms with Crippen LogP contribution in [0.3, 0.4) is 0 Å². The first kappa shape index (κ1) is 21.6. The summed E-state index contributed by atoms with van der Waals surface area (Å²) >= 11 is 6.34. The van der Waals surface area contributed by atoms with Gasteiger partial charge in [-0.3, -0.25) is 0 Å². The minimum atomic E-state index is 0.426. The highest BCUT2D eigenvalue weighted by atomic mass is 35.5. The van der Waals surface area contributed by atoms with Gasteiger partial charge in [0, 0.05) is 29.7 Å². The van der Waals surface area contributed by atoms with E-state index in [1.807, 2.05) is 42.6 Å². The van der Waals surface area contributed by atoms with Gasteiger partial charge in [0.25, 0.3) is 0 Å². The molecule has 0 amide bonds. The maximum absolute atomic E-state index is 6.34. The van der Waals surface area contributed by atoms with E-state index in [2.05, 4.69) is 50.4 Å². The first-order valence-electron chi connectivity index (χ1n) is 11.2. The Hall–Kier alpha value is -3.28. The lowest BCUT2D eigenvalue weighted by Crippen LogP contribution is -2.36. The summed E-state index contributed by atoms with van der Waals surface area (Å²) in [6.45, 7) is 3.27. The van der Waals surface area contributed by atoms with Gasteiger partial charge in [-0.05, 0) is 47.8 Å². The Morgan fingerprint density at radius 3 is 2.52 bits per heavy atom. The smallest absolute Gasteiger partial charge is 0.138 e. The van der Waals surface area contributed by atoms with Crippen LogP contribution < -0.4 is 0 Å². The molecule has 5 nitrogen and oxygen atoms in total. The number of hydrogen-bond donors (Lipinski definition) is 0. The molecule has 3 aromatic rings. The zero-order chi connectivity index (χ0) is 22.5. The third-order valence-electron chi connectivity index (χ3n) is 5.92. The average molecular weight is 457 g/mol. The number of halogens is 1. The third-order valence-corrected chi connectivity index (χ3v) is 6.22. The van der Waals surface area contributed by atoms with E-state index in [4.69, 9.17) is 16.3 Å². The highest BCUT2D eigenvalue weighted by molar-refractivity contribution is 6.32. The maximum atomic E-state index is 6.34. The number of rotatable bonds is 5. The Bertz CT molecular complexity index is 1260. The van der Waals surface area contributed by atoms with Crippen LogP contribution in [0.25, 0.3) is 17.0 Å². The minimum Gasteiger partial charge on any atom is -0.378 e. The van der Waals surface area contributed by atoms with Crippen LogP contribution in [-0.4, -0.2) is 48.6 Å². The zero-order valence-corrected chi connectivity index (χ0v) is 19.1. The lowest BCUT2D eigenvalue weighted by atomic mass is 10.1. The van der Waals surface area contributed by atoms with Crippen LogP contribution in [0, 0.1) is 0 Å². The number of hydrogen-bond acceptors (Lipinski definition) is 5. The standard InChI is InChI=1S/C27H25ClN4O/c28-27-24(17-21-8-4-5-9-25(21)31-27)19-30-29-18-23-11-10-22(16-20-6-2-1-3-7-20)26(23)32-12-14-33-15-13-32/h1-9,16-19H,10-15H2/b22-16-,29-18-,30-19-. The van der Waals surface area contributed by atoms with Crippen molar-refractivity contribution < 1.29 is 4.74 Å². The normalized spacial score (nSPS) is 18.5. The van der Waals surface area contributed by atoms with Crippen LogP contribution in [0.2, 0.25) is 5.15 Å². The number of fused-ring (bicyclic) bond motifs is 1. The molecular weight excluding hydrogens is 432 g/mol. The molecule has 5 rings (SSSR count).